The molecule has 0 saturated carbocycles. The zero-order chi connectivity index (χ0) is 25.0. The van der Waals surface area contributed by atoms with E-state index in [1.165, 1.54) is 19.2 Å². The van der Waals surface area contributed by atoms with Crippen LogP contribution in [0.4, 0.5) is 13.2 Å². The van der Waals surface area contributed by atoms with Crippen LogP contribution in [0.25, 0.3) is 0 Å². The van der Waals surface area contributed by atoms with Crippen LogP contribution in [0, 0.1) is 5.92 Å². The third-order valence-corrected chi connectivity index (χ3v) is 7.00. The van der Waals surface area contributed by atoms with E-state index in [0.29, 0.717) is 35.2 Å². The SMILES string of the molecule is COc1ccc(CC2CCN(C(=O)c3cccc(O)c3)CC2)cc1Sc1cc(C(F)(F)F)ccn1. The van der Waals surface area contributed by atoms with Gasteiger partial charge in [0, 0.05) is 24.8 Å². The van der Waals surface area contributed by atoms with Crippen LogP contribution in [0.15, 0.2) is 70.7 Å². The van der Waals surface area contributed by atoms with Gasteiger partial charge in [-0.25, -0.2) is 4.98 Å². The van der Waals surface area contributed by atoms with Gasteiger partial charge in [0.25, 0.3) is 5.91 Å². The first-order valence-electron chi connectivity index (χ1n) is 11.2. The van der Waals surface area contributed by atoms with Crippen molar-refractivity contribution < 1.29 is 27.8 Å². The summed E-state index contributed by atoms with van der Waals surface area (Å²) in [4.78, 5) is 19.3. The molecule has 4 rings (SSSR count). The van der Waals surface area contributed by atoms with Crippen molar-refractivity contribution in [1.29, 1.82) is 0 Å². The smallest absolute Gasteiger partial charge is 0.416 e. The monoisotopic (exact) mass is 502 g/mol. The number of phenols is 1. The van der Waals surface area contributed by atoms with Gasteiger partial charge in [-0.15, -0.1) is 0 Å². The molecular formula is C26H25F3N2O3S. The summed E-state index contributed by atoms with van der Waals surface area (Å²) >= 11 is 1.14. The highest BCUT2D eigenvalue weighted by molar-refractivity contribution is 7.99. The van der Waals surface area contributed by atoms with Crippen LogP contribution >= 0.6 is 11.8 Å². The Hall–Kier alpha value is -3.20. The molecule has 1 fully saturated rings. The summed E-state index contributed by atoms with van der Waals surface area (Å²) < 4.78 is 44.6. The maximum absolute atomic E-state index is 13.1. The molecule has 1 saturated heterocycles. The first-order valence-corrected chi connectivity index (χ1v) is 12.0. The molecule has 0 spiro atoms. The summed E-state index contributed by atoms with van der Waals surface area (Å²) in [6.45, 7) is 1.26. The van der Waals surface area contributed by atoms with Crippen molar-refractivity contribution in [2.24, 2.45) is 5.92 Å². The molecule has 0 radical (unpaired) electrons. The van der Waals surface area contributed by atoms with Gasteiger partial charge < -0.3 is 14.7 Å². The maximum atomic E-state index is 13.1. The molecule has 1 aliphatic heterocycles. The van der Waals surface area contributed by atoms with Gasteiger partial charge >= 0.3 is 6.18 Å². The second-order valence-corrected chi connectivity index (χ2v) is 9.52. The molecule has 35 heavy (non-hydrogen) atoms. The van der Waals surface area contributed by atoms with Crippen molar-refractivity contribution in [3.63, 3.8) is 0 Å². The van der Waals surface area contributed by atoms with E-state index in [9.17, 15) is 23.1 Å². The number of alkyl halides is 3. The Kier molecular flexibility index (Phi) is 7.54. The molecule has 0 atom stereocenters. The second-order valence-electron chi connectivity index (χ2n) is 8.46. The standard InChI is InChI=1S/C26H25F3N2O3S/c1-34-22-6-5-18(14-23(22)35-24-16-20(7-10-30-24)26(27,28)29)13-17-8-11-31(12-9-17)25(33)19-3-2-4-21(32)15-19/h2-7,10,14-17,32H,8-9,11-13H2,1H3. The Morgan fingerprint density at radius 1 is 1.14 bits per heavy atom. The largest absolute Gasteiger partial charge is 0.508 e. The normalized spacial score (nSPS) is 14.7. The number of aromatic hydroxyl groups is 1. The summed E-state index contributed by atoms with van der Waals surface area (Å²) in [7, 11) is 1.53. The number of pyridine rings is 1. The Morgan fingerprint density at radius 3 is 2.60 bits per heavy atom. The van der Waals surface area contributed by atoms with Crippen molar-refractivity contribution in [3.05, 3.63) is 77.5 Å². The number of nitrogens with zero attached hydrogens (tertiary/aromatic N) is 2. The summed E-state index contributed by atoms with van der Waals surface area (Å²) in [6, 6.07) is 14.1. The van der Waals surface area contributed by atoms with Gasteiger partial charge in [0.1, 0.15) is 16.5 Å². The molecule has 3 aromatic rings. The fourth-order valence-corrected chi connectivity index (χ4v) is 5.16. The third kappa shape index (κ3) is 6.28. The molecular weight excluding hydrogens is 477 g/mol. The first-order chi connectivity index (χ1) is 16.7. The number of hydrogen-bond donors (Lipinski definition) is 1. The van der Waals surface area contributed by atoms with E-state index in [1.54, 1.807) is 17.0 Å². The van der Waals surface area contributed by atoms with Crippen LogP contribution in [0.3, 0.4) is 0 Å². The zero-order valence-electron chi connectivity index (χ0n) is 19.1. The Bertz CT molecular complexity index is 1190. The molecule has 0 bridgehead atoms. The number of amides is 1. The Morgan fingerprint density at radius 2 is 1.91 bits per heavy atom. The van der Waals surface area contributed by atoms with Gasteiger partial charge in [-0.3, -0.25) is 4.79 Å². The number of methoxy groups -OCH3 is 1. The lowest BCUT2D eigenvalue weighted by atomic mass is 9.90. The number of ether oxygens (including phenoxy) is 1. The molecule has 1 amide bonds. The van der Waals surface area contributed by atoms with E-state index in [-0.39, 0.29) is 16.7 Å². The van der Waals surface area contributed by atoms with Crippen LogP contribution in [-0.4, -0.2) is 41.1 Å². The molecule has 2 heterocycles. The number of piperidine rings is 1. The number of rotatable bonds is 6. The van der Waals surface area contributed by atoms with E-state index in [0.717, 1.165) is 54.9 Å². The Labute approximate surface area is 205 Å². The number of hydrogen-bond acceptors (Lipinski definition) is 5. The second kappa shape index (κ2) is 10.6. The van der Waals surface area contributed by atoms with E-state index in [2.05, 4.69) is 4.98 Å². The van der Waals surface area contributed by atoms with E-state index < -0.39 is 11.7 Å². The highest BCUT2D eigenvalue weighted by Gasteiger charge is 2.31. The topological polar surface area (TPSA) is 62.7 Å². The maximum Gasteiger partial charge on any atom is 0.416 e. The molecule has 1 N–H and O–H groups in total. The number of carbonyl (C=O) groups is 1. The van der Waals surface area contributed by atoms with Gasteiger partial charge in [-0.2, -0.15) is 13.2 Å². The molecule has 5 nitrogen and oxygen atoms in total. The van der Waals surface area contributed by atoms with Crippen LogP contribution in [0.2, 0.25) is 0 Å². The van der Waals surface area contributed by atoms with E-state index in [1.807, 2.05) is 18.2 Å². The van der Waals surface area contributed by atoms with Crippen molar-refractivity contribution in [1.82, 2.24) is 9.88 Å². The number of likely N-dealkylation sites (tertiary alicyclic amines) is 1. The third-order valence-electron chi connectivity index (χ3n) is 6.02. The predicted molar refractivity (Wildman–Crippen MR) is 127 cm³/mol. The highest BCUT2D eigenvalue weighted by Crippen LogP contribution is 2.38. The van der Waals surface area contributed by atoms with Crippen molar-refractivity contribution in [2.75, 3.05) is 20.2 Å². The molecule has 1 aliphatic rings. The lowest BCUT2D eigenvalue weighted by molar-refractivity contribution is -0.137. The molecule has 1 aromatic heterocycles. The summed E-state index contributed by atoms with van der Waals surface area (Å²) in [5, 5.41) is 9.88. The summed E-state index contributed by atoms with van der Waals surface area (Å²) in [6.07, 6.45) is -0.793. The minimum Gasteiger partial charge on any atom is -0.508 e. The fraction of sp³-hybridized carbons (Fsp3) is 0.308. The van der Waals surface area contributed by atoms with Gasteiger partial charge in [-0.1, -0.05) is 23.9 Å². The van der Waals surface area contributed by atoms with Gasteiger partial charge in [0.05, 0.1) is 17.6 Å². The first kappa shape index (κ1) is 24.9. The Balaban J connectivity index is 1.41. The van der Waals surface area contributed by atoms with Crippen molar-refractivity contribution >= 4 is 17.7 Å². The van der Waals surface area contributed by atoms with Crippen LogP contribution in [0.1, 0.15) is 34.3 Å². The minimum atomic E-state index is -4.43. The van der Waals surface area contributed by atoms with Crippen molar-refractivity contribution in [2.45, 2.75) is 35.4 Å². The van der Waals surface area contributed by atoms with Gasteiger partial charge in [-0.05, 0) is 73.2 Å². The molecule has 9 heteroatoms. The molecule has 184 valence electrons. The van der Waals surface area contributed by atoms with Crippen LogP contribution < -0.4 is 4.74 Å². The fourth-order valence-electron chi connectivity index (χ4n) is 4.18. The van der Waals surface area contributed by atoms with Gasteiger partial charge in [0.15, 0.2) is 0 Å². The predicted octanol–water partition coefficient (Wildman–Crippen LogP) is 6.06. The summed E-state index contributed by atoms with van der Waals surface area (Å²) in [5.41, 5.74) is 0.790. The molecule has 0 aliphatic carbocycles. The number of phenolic OH excluding ortho intramolecular Hbond substituents is 1. The lowest BCUT2D eigenvalue weighted by Gasteiger charge is -2.32. The number of aromatic nitrogens is 1. The van der Waals surface area contributed by atoms with E-state index >= 15 is 0 Å². The number of halogens is 3. The molecule has 2 aromatic carbocycles. The highest BCUT2D eigenvalue weighted by atomic mass is 32.2. The number of carbonyl (C=O) groups excluding carboxylic acids is 1. The average molecular weight is 503 g/mol. The average Bonchev–Trinajstić information content (AvgIpc) is 2.84. The quantitative estimate of drug-likeness (QED) is 0.444. The van der Waals surface area contributed by atoms with Crippen LogP contribution in [0.5, 0.6) is 11.5 Å². The number of benzene rings is 2. The minimum absolute atomic E-state index is 0.0687. The van der Waals surface area contributed by atoms with Crippen molar-refractivity contribution in [3.8, 4) is 11.5 Å². The molecule has 0 unspecified atom stereocenters. The van der Waals surface area contributed by atoms with Crippen LogP contribution in [-0.2, 0) is 12.6 Å². The van der Waals surface area contributed by atoms with E-state index in [4.69, 9.17) is 4.74 Å². The lowest BCUT2D eigenvalue weighted by Crippen LogP contribution is -2.38. The zero-order valence-corrected chi connectivity index (χ0v) is 19.9. The van der Waals surface area contributed by atoms with Gasteiger partial charge in [0.2, 0.25) is 0 Å². The summed E-state index contributed by atoms with van der Waals surface area (Å²) in [5.74, 6) is 0.931.